The van der Waals surface area contributed by atoms with E-state index in [1.54, 1.807) is 35.2 Å². The van der Waals surface area contributed by atoms with Gasteiger partial charge in [0.05, 0.1) is 27.7 Å². The molecular weight excluding hydrogens is 549 g/mol. The summed E-state index contributed by atoms with van der Waals surface area (Å²) in [6.07, 6.45) is 2.57. The Morgan fingerprint density at radius 2 is 1.68 bits per heavy atom. The number of halogens is 4. The first-order chi connectivity index (χ1) is 17.4. The zero-order valence-electron chi connectivity index (χ0n) is 19.0. The number of alkyl halides is 2. The smallest absolute Gasteiger partial charge is 0.379 e. The normalized spacial score (nSPS) is 11.9. The van der Waals surface area contributed by atoms with Gasteiger partial charge in [-0.05, 0) is 48.0 Å². The Hall–Kier alpha value is -3.47. The molecule has 12 heteroatoms. The van der Waals surface area contributed by atoms with Crippen molar-refractivity contribution in [1.29, 1.82) is 0 Å². The fourth-order valence-corrected chi connectivity index (χ4v) is 4.36. The van der Waals surface area contributed by atoms with Crippen LogP contribution in [0, 0.1) is 0 Å². The van der Waals surface area contributed by atoms with E-state index in [1.807, 2.05) is 0 Å². The van der Waals surface area contributed by atoms with Crippen LogP contribution in [0.4, 0.5) is 20.5 Å². The Labute approximate surface area is 220 Å². The van der Waals surface area contributed by atoms with E-state index in [9.17, 15) is 22.0 Å². The molecule has 0 atom stereocenters. The van der Waals surface area contributed by atoms with Crippen molar-refractivity contribution in [2.45, 2.75) is 17.4 Å². The molecule has 1 heterocycles. The Kier molecular flexibility index (Phi) is 7.27. The summed E-state index contributed by atoms with van der Waals surface area (Å²) in [5.74, 6) is -5.90. The maximum absolute atomic E-state index is 13.8. The van der Waals surface area contributed by atoms with Gasteiger partial charge in [0.1, 0.15) is 0 Å². The van der Waals surface area contributed by atoms with Gasteiger partial charge < -0.3 is 9.52 Å². The van der Waals surface area contributed by atoms with Crippen molar-refractivity contribution in [2.75, 3.05) is 11.2 Å². The SMILES string of the molecule is CS(=O)(=O)c1ccc(-c2cnc(N(Cc3ccc(C(F)(F)C(=O)O)cc3)c3ccc(Cl)c(Cl)c3)o2)cc1. The second kappa shape index (κ2) is 10.1. The van der Waals surface area contributed by atoms with Crippen LogP contribution in [-0.2, 0) is 27.1 Å². The molecule has 0 saturated heterocycles. The highest BCUT2D eigenvalue weighted by Gasteiger charge is 2.40. The number of oxazole rings is 1. The minimum Gasteiger partial charge on any atom is -0.477 e. The predicted molar refractivity (Wildman–Crippen MR) is 135 cm³/mol. The Bertz CT molecular complexity index is 1560. The number of hydrogen-bond donors (Lipinski definition) is 1. The number of nitrogens with zero attached hydrogens (tertiary/aromatic N) is 2. The van der Waals surface area contributed by atoms with Gasteiger partial charge in [-0.25, -0.2) is 18.2 Å². The summed E-state index contributed by atoms with van der Waals surface area (Å²) in [7, 11) is -3.36. The molecule has 7 nitrogen and oxygen atoms in total. The highest BCUT2D eigenvalue weighted by Crippen LogP contribution is 2.35. The maximum Gasteiger partial charge on any atom is 0.379 e. The Morgan fingerprint density at radius 3 is 2.24 bits per heavy atom. The van der Waals surface area contributed by atoms with E-state index in [-0.39, 0.29) is 22.5 Å². The summed E-state index contributed by atoms with van der Waals surface area (Å²) < 4.78 is 57.1. The van der Waals surface area contributed by atoms with E-state index < -0.39 is 27.3 Å². The van der Waals surface area contributed by atoms with Crippen LogP contribution >= 0.6 is 23.2 Å². The number of anilines is 2. The van der Waals surface area contributed by atoms with Gasteiger partial charge in [-0.15, -0.1) is 0 Å². The lowest BCUT2D eigenvalue weighted by molar-refractivity contribution is -0.166. The summed E-state index contributed by atoms with van der Waals surface area (Å²) >= 11 is 12.3. The number of carbonyl (C=O) groups is 1. The standard InChI is InChI=1S/C25H18Cl2F2N2O5S/c1-37(34,35)19-9-4-16(5-10-19)22-13-30-24(36-22)31(18-8-11-20(26)21(27)12-18)14-15-2-6-17(7-3-15)25(28,29)23(32)33/h2-13H,14H2,1H3,(H,32,33). The van der Waals surface area contributed by atoms with Crippen LogP contribution in [0.1, 0.15) is 11.1 Å². The average molecular weight is 567 g/mol. The molecule has 0 radical (unpaired) electrons. The number of rotatable bonds is 8. The third-order valence-electron chi connectivity index (χ3n) is 5.43. The Morgan fingerprint density at radius 1 is 1.03 bits per heavy atom. The molecular formula is C25H18Cl2F2N2O5S. The third kappa shape index (κ3) is 5.76. The molecule has 1 aromatic heterocycles. The van der Waals surface area contributed by atoms with E-state index in [2.05, 4.69) is 4.98 Å². The van der Waals surface area contributed by atoms with Gasteiger partial charge in [-0.2, -0.15) is 8.78 Å². The molecule has 0 fully saturated rings. The molecule has 1 N–H and O–H groups in total. The number of aliphatic carboxylic acids is 1. The molecule has 0 saturated carbocycles. The van der Waals surface area contributed by atoms with Crippen molar-refractivity contribution in [3.63, 3.8) is 0 Å². The van der Waals surface area contributed by atoms with Crippen molar-refractivity contribution in [1.82, 2.24) is 4.98 Å². The van der Waals surface area contributed by atoms with Gasteiger partial charge in [-0.3, -0.25) is 4.90 Å². The largest absolute Gasteiger partial charge is 0.477 e. The van der Waals surface area contributed by atoms with Gasteiger partial charge in [0.25, 0.3) is 0 Å². The van der Waals surface area contributed by atoms with E-state index >= 15 is 0 Å². The van der Waals surface area contributed by atoms with Crippen molar-refractivity contribution in [3.8, 4) is 11.3 Å². The second-order valence-electron chi connectivity index (χ2n) is 8.06. The van der Waals surface area contributed by atoms with Crippen LogP contribution < -0.4 is 4.90 Å². The van der Waals surface area contributed by atoms with Crippen molar-refractivity contribution < 1.29 is 31.5 Å². The first kappa shape index (κ1) is 26.6. The van der Waals surface area contributed by atoms with E-state index in [0.29, 0.717) is 27.6 Å². The second-order valence-corrected chi connectivity index (χ2v) is 10.9. The molecule has 0 spiro atoms. The zero-order valence-corrected chi connectivity index (χ0v) is 21.4. The van der Waals surface area contributed by atoms with Gasteiger partial charge in [0.2, 0.25) is 0 Å². The molecule has 0 bridgehead atoms. The Balaban J connectivity index is 1.69. The minimum absolute atomic E-state index is 0.101. The lowest BCUT2D eigenvalue weighted by Gasteiger charge is -2.22. The molecule has 0 unspecified atom stereocenters. The van der Waals surface area contributed by atoms with Gasteiger partial charge in [0, 0.05) is 23.1 Å². The van der Waals surface area contributed by atoms with E-state index in [0.717, 1.165) is 18.4 Å². The summed E-state index contributed by atoms with van der Waals surface area (Å²) in [6.45, 7) is 0.101. The quantitative estimate of drug-likeness (QED) is 0.257. The lowest BCUT2D eigenvalue weighted by atomic mass is 10.1. The van der Waals surface area contributed by atoms with Gasteiger partial charge >= 0.3 is 17.9 Å². The number of aromatic nitrogens is 1. The minimum atomic E-state index is -4.02. The highest BCUT2D eigenvalue weighted by molar-refractivity contribution is 7.90. The number of carboxylic acid groups (broad SMARTS) is 1. The van der Waals surface area contributed by atoms with Gasteiger partial charge in [0.15, 0.2) is 15.6 Å². The average Bonchev–Trinajstić information content (AvgIpc) is 3.34. The third-order valence-corrected chi connectivity index (χ3v) is 7.30. The number of hydrogen-bond acceptors (Lipinski definition) is 6. The van der Waals surface area contributed by atoms with Crippen molar-refractivity contribution in [2.24, 2.45) is 0 Å². The summed E-state index contributed by atoms with van der Waals surface area (Å²) in [5, 5.41) is 9.37. The first-order valence-corrected chi connectivity index (χ1v) is 13.2. The molecule has 0 aliphatic rings. The predicted octanol–water partition coefficient (Wildman–Crippen LogP) is 6.57. The monoisotopic (exact) mass is 566 g/mol. The van der Waals surface area contributed by atoms with Crippen molar-refractivity contribution >= 4 is 50.7 Å². The number of sulfone groups is 1. The van der Waals surface area contributed by atoms with Crippen LogP contribution in [0.3, 0.4) is 0 Å². The molecule has 4 rings (SSSR count). The molecule has 0 amide bonds. The molecule has 192 valence electrons. The molecule has 37 heavy (non-hydrogen) atoms. The first-order valence-electron chi connectivity index (χ1n) is 10.6. The fourth-order valence-electron chi connectivity index (χ4n) is 3.44. The summed E-state index contributed by atoms with van der Waals surface area (Å²) in [5.41, 5.74) is 1.02. The van der Waals surface area contributed by atoms with Gasteiger partial charge in [-0.1, -0.05) is 47.5 Å². The maximum atomic E-state index is 13.8. The topological polar surface area (TPSA) is 101 Å². The zero-order chi connectivity index (χ0) is 27.0. The highest BCUT2D eigenvalue weighted by atomic mass is 35.5. The van der Waals surface area contributed by atoms with E-state index in [1.165, 1.54) is 30.5 Å². The van der Waals surface area contributed by atoms with E-state index in [4.69, 9.17) is 32.7 Å². The number of benzene rings is 3. The molecule has 0 aliphatic heterocycles. The lowest BCUT2D eigenvalue weighted by Crippen LogP contribution is -2.25. The summed E-state index contributed by atoms with van der Waals surface area (Å²) in [6, 6.07) is 15.9. The molecule has 3 aromatic carbocycles. The van der Waals surface area contributed by atoms with Crippen LogP contribution in [0.2, 0.25) is 10.0 Å². The molecule has 0 aliphatic carbocycles. The molecule has 4 aromatic rings. The van der Waals surface area contributed by atoms with Crippen LogP contribution in [0.5, 0.6) is 0 Å². The number of carboxylic acids is 1. The van der Waals surface area contributed by atoms with Crippen LogP contribution in [0.15, 0.2) is 82.2 Å². The van der Waals surface area contributed by atoms with Crippen LogP contribution in [-0.4, -0.2) is 30.7 Å². The fraction of sp³-hybridized carbons (Fsp3) is 0.120. The summed E-state index contributed by atoms with van der Waals surface area (Å²) in [4.78, 5) is 17.0. The van der Waals surface area contributed by atoms with Crippen molar-refractivity contribution in [3.05, 3.63) is 94.1 Å². The van der Waals surface area contributed by atoms with Crippen LogP contribution in [0.25, 0.3) is 11.3 Å².